The molecule has 1 N–H and O–H groups in total. The van der Waals surface area contributed by atoms with Crippen molar-refractivity contribution in [1.82, 2.24) is 14.8 Å². The minimum absolute atomic E-state index is 0.105. The van der Waals surface area contributed by atoms with Crippen LogP contribution >= 0.6 is 15.9 Å². The first-order valence-electron chi connectivity index (χ1n) is 8.61. The lowest BCUT2D eigenvalue weighted by atomic mass is 10.1. The van der Waals surface area contributed by atoms with Crippen LogP contribution in [0.3, 0.4) is 0 Å². The predicted molar refractivity (Wildman–Crippen MR) is 111 cm³/mol. The summed E-state index contributed by atoms with van der Waals surface area (Å²) in [5.74, 6) is -0.873. The normalized spacial score (nSPS) is 10.4. The standard InChI is InChI=1S/C20H23BrN4O3/c1-12-10-14(21)6-8-16(12)23-18(26)11-25(5)19(27)15-7-9-17(22-13(15)2)20(28)24(3)4/h6-10H,11H2,1-5H3,(H,23,26). The number of hydrogen-bond donors (Lipinski definition) is 1. The highest BCUT2D eigenvalue weighted by molar-refractivity contribution is 9.10. The number of pyridine rings is 1. The van der Waals surface area contributed by atoms with E-state index in [-0.39, 0.29) is 30.0 Å². The Hall–Kier alpha value is -2.74. The molecule has 0 atom stereocenters. The number of likely N-dealkylation sites (N-methyl/N-ethyl adjacent to an activating group) is 1. The lowest BCUT2D eigenvalue weighted by Gasteiger charge is -2.19. The van der Waals surface area contributed by atoms with E-state index in [4.69, 9.17) is 0 Å². The number of nitrogens with zero attached hydrogens (tertiary/aromatic N) is 3. The average molecular weight is 447 g/mol. The topological polar surface area (TPSA) is 82.6 Å². The molecular weight excluding hydrogens is 424 g/mol. The third-order valence-electron chi connectivity index (χ3n) is 4.13. The minimum atomic E-state index is -0.337. The molecule has 1 aromatic heterocycles. The van der Waals surface area contributed by atoms with Crippen molar-refractivity contribution in [2.24, 2.45) is 0 Å². The van der Waals surface area contributed by atoms with Gasteiger partial charge in [0.25, 0.3) is 11.8 Å². The van der Waals surface area contributed by atoms with E-state index in [1.807, 2.05) is 19.1 Å². The van der Waals surface area contributed by atoms with Crippen LogP contribution in [0.5, 0.6) is 0 Å². The molecule has 0 aliphatic heterocycles. The van der Waals surface area contributed by atoms with Crippen LogP contribution in [0, 0.1) is 13.8 Å². The largest absolute Gasteiger partial charge is 0.343 e. The molecule has 0 aliphatic rings. The lowest BCUT2D eigenvalue weighted by molar-refractivity contribution is -0.116. The molecule has 0 unspecified atom stereocenters. The molecular formula is C20H23BrN4O3. The zero-order valence-corrected chi connectivity index (χ0v) is 18.1. The van der Waals surface area contributed by atoms with Crippen LogP contribution in [-0.2, 0) is 4.79 Å². The number of carbonyl (C=O) groups is 3. The Balaban J connectivity index is 2.07. The Morgan fingerprint density at radius 2 is 1.71 bits per heavy atom. The Kier molecular flexibility index (Phi) is 6.90. The average Bonchev–Trinajstić information content (AvgIpc) is 2.62. The summed E-state index contributed by atoms with van der Waals surface area (Å²) >= 11 is 3.38. The molecule has 2 aromatic rings. The van der Waals surface area contributed by atoms with E-state index >= 15 is 0 Å². The van der Waals surface area contributed by atoms with Crippen LogP contribution in [0.4, 0.5) is 5.69 Å². The molecule has 2 rings (SSSR count). The maximum Gasteiger partial charge on any atom is 0.271 e. The second kappa shape index (κ2) is 8.97. The highest BCUT2D eigenvalue weighted by atomic mass is 79.9. The first-order chi connectivity index (χ1) is 13.1. The van der Waals surface area contributed by atoms with E-state index in [1.165, 1.54) is 15.9 Å². The van der Waals surface area contributed by atoms with Crippen molar-refractivity contribution in [1.29, 1.82) is 0 Å². The van der Waals surface area contributed by atoms with E-state index in [0.29, 0.717) is 16.9 Å². The highest BCUT2D eigenvalue weighted by Crippen LogP contribution is 2.20. The molecule has 3 amide bonds. The molecule has 0 radical (unpaired) electrons. The van der Waals surface area contributed by atoms with Gasteiger partial charge in [-0.3, -0.25) is 14.4 Å². The second-order valence-corrected chi connectivity index (χ2v) is 7.61. The van der Waals surface area contributed by atoms with Crippen molar-refractivity contribution in [2.45, 2.75) is 13.8 Å². The minimum Gasteiger partial charge on any atom is -0.343 e. The molecule has 0 aliphatic carbocycles. The summed E-state index contributed by atoms with van der Waals surface area (Å²) in [6.45, 7) is 3.45. The van der Waals surface area contributed by atoms with E-state index in [0.717, 1.165) is 10.0 Å². The molecule has 28 heavy (non-hydrogen) atoms. The van der Waals surface area contributed by atoms with Gasteiger partial charge in [0, 0.05) is 31.3 Å². The Morgan fingerprint density at radius 3 is 2.29 bits per heavy atom. The monoisotopic (exact) mass is 446 g/mol. The quantitative estimate of drug-likeness (QED) is 0.765. The first kappa shape index (κ1) is 21.6. The summed E-state index contributed by atoms with van der Waals surface area (Å²) in [4.78, 5) is 44.0. The first-order valence-corrected chi connectivity index (χ1v) is 9.40. The smallest absolute Gasteiger partial charge is 0.271 e. The molecule has 0 spiro atoms. The van der Waals surface area contributed by atoms with E-state index < -0.39 is 0 Å². The maximum absolute atomic E-state index is 12.7. The van der Waals surface area contributed by atoms with Gasteiger partial charge in [0.1, 0.15) is 5.69 Å². The molecule has 1 aromatic carbocycles. The van der Waals surface area contributed by atoms with Crippen molar-refractivity contribution in [2.75, 3.05) is 33.0 Å². The Morgan fingerprint density at radius 1 is 1.04 bits per heavy atom. The zero-order valence-electron chi connectivity index (χ0n) is 16.5. The number of carbonyl (C=O) groups excluding carboxylic acids is 3. The zero-order chi connectivity index (χ0) is 21.0. The number of benzene rings is 1. The molecule has 7 nitrogen and oxygen atoms in total. The number of aryl methyl sites for hydroxylation is 2. The van der Waals surface area contributed by atoms with Gasteiger partial charge in [-0.25, -0.2) is 4.98 Å². The van der Waals surface area contributed by atoms with Gasteiger partial charge in [0.2, 0.25) is 5.91 Å². The number of nitrogens with one attached hydrogen (secondary N) is 1. The van der Waals surface area contributed by atoms with Gasteiger partial charge in [0.05, 0.1) is 17.8 Å². The molecule has 0 saturated carbocycles. The number of aromatic nitrogens is 1. The van der Waals surface area contributed by atoms with Crippen LogP contribution in [0.25, 0.3) is 0 Å². The Labute approximate surface area is 172 Å². The maximum atomic E-state index is 12.7. The summed E-state index contributed by atoms with van der Waals surface area (Å²) in [7, 11) is 4.82. The van der Waals surface area contributed by atoms with Crippen molar-refractivity contribution in [3.8, 4) is 0 Å². The molecule has 1 heterocycles. The fourth-order valence-corrected chi connectivity index (χ4v) is 3.06. The predicted octanol–water partition coefficient (Wildman–Crippen LogP) is 2.87. The summed E-state index contributed by atoms with van der Waals surface area (Å²) < 4.78 is 0.925. The van der Waals surface area contributed by atoms with Crippen molar-refractivity contribution in [3.05, 3.63) is 57.3 Å². The molecule has 0 saturated heterocycles. The number of hydrogen-bond acceptors (Lipinski definition) is 4. The fraction of sp³-hybridized carbons (Fsp3) is 0.300. The molecule has 0 bridgehead atoms. The molecule has 0 fully saturated rings. The van der Waals surface area contributed by atoms with Crippen molar-refractivity contribution < 1.29 is 14.4 Å². The van der Waals surface area contributed by atoms with E-state index in [2.05, 4.69) is 26.2 Å². The SMILES string of the molecule is Cc1cc(Br)ccc1NC(=O)CN(C)C(=O)c1ccc(C(=O)N(C)C)nc1C. The van der Waals surface area contributed by atoms with Gasteiger partial charge in [-0.15, -0.1) is 0 Å². The van der Waals surface area contributed by atoms with E-state index in [9.17, 15) is 14.4 Å². The van der Waals surface area contributed by atoms with Crippen molar-refractivity contribution >= 4 is 39.3 Å². The van der Waals surface area contributed by atoms with Crippen LogP contribution in [0.2, 0.25) is 0 Å². The van der Waals surface area contributed by atoms with Crippen LogP contribution < -0.4 is 5.32 Å². The lowest BCUT2D eigenvalue weighted by Crippen LogP contribution is -2.35. The second-order valence-electron chi connectivity index (χ2n) is 6.70. The summed E-state index contributed by atoms with van der Waals surface area (Å²) in [5.41, 5.74) is 2.67. The van der Waals surface area contributed by atoms with Gasteiger partial charge in [0.15, 0.2) is 0 Å². The number of halogens is 1. The van der Waals surface area contributed by atoms with Gasteiger partial charge in [-0.1, -0.05) is 15.9 Å². The van der Waals surface area contributed by atoms with Gasteiger partial charge in [-0.2, -0.15) is 0 Å². The number of amides is 3. The number of rotatable bonds is 5. The van der Waals surface area contributed by atoms with Crippen molar-refractivity contribution in [3.63, 3.8) is 0 Å². The molecule has 148 valence electrons. The molecule has 8 heteroatoms. The third kappa shape index (κ3) is 5.16. The summed E-state index contributed by atoms with van der Waals surface area (Å²) in [5, 5.41) is 2.81. The number of anilines is 1. The Bertz CT molecular complexity index is 928. The van der Waals surface area contributed by atoms with Crippen LogP contribution in [-0.4, -0.2) is 60.2 Å². The van der Waals surface area contributed by atoms with Gasteiger partial charge in [-0.05, 0) is 49.7 Å². The van der Waals surface area contributed by atoms with Gasteiger partial charge < -0.3 is 15.1 Å². The highest BCUT2D eigenvalue weighted by Gasteiger charge is 2.20. The fourth-order valence-electron chi connectivity index (χ4n) is 2.59. The van der Waals surface area contributed by atoms with Crippen LogP contribution in [0.1, 0.15) is 32.1 Å². The summed E-state index contributed by atoms with van der Waals surface area (Å²) in [6, 6.07) is 8.61. The van der Waals surface area contributed by atoms with Gasteiger partial charge >= 0.3 is 0 Å². The summed E-state index contributed by atoms with van der Waals surface area (Å²) in [6.07, 6.45) is 0. The van der Waals surface area contributed by atoms with E-state index in [1.54, 1.807) is 40.2 Å². The third-order valence-corrected chi connectivity index (χ3v) is 4.62. The van der Waals surface area contributed by atoms with Crippen LogP contribution in [0.15, 0.2) is 34.8 Å².